The molecule has 0 saturated heterocycles. The summed E-state index contributed by atoms with van der Waals surface area (Å²) in [6.45, 7) is 0. The van der Waals surface area contributed by atoms with E-state index in [4.69, 9.17) is 23.8 Å². The lowest BCUT2D eigenvalue weighted by molar-refractivity contribution is 0.669. The lowest BCUT2D eigenvalue weighted by Crippen LogP contribution is -2.00. The maximum atomic E-state index is 6.75. The van der Waals surface area contributed by atoms with Crippen LogP contribution in [0.2, 0.25) is 0 Å². The zero-order valence-corrected chi connectivity index (χ0v) is 31.1. The van der Waals surface area contributed by atoms with Gasteiger partial charge in [0.2, 0.25) is 0 Å². The molecule has 0 aliphatic carbocycles. The van der Waals surface area contributed by atoms with Crippen LogP contribution in [0, 0.1) is 0 Å². The molecule has 0 radical (unpaired) electrons. The van der Waals surface area contributed by atoms with E-state index in [9.17, 15) is 0 Å². The first-order valence-electron chi connectivity index (χ1n) is 18.9. The molecule has 5 nitrogen and oxygen atoms in total. The van der Waals surface area contributed by atoms with Gasteiger partial charge < -0.3 is 8.83 Å². The van der Waals surface area contributed by atoms with Gasteiger partial charge in [-0.05, 0) is 41.5 Å². The maximum Gasteiger partial charge on any atom is 0.164 e. The number of benzene rings is 8. The number of thiophene rings is 1. The second-order valence-electron chi connectivity index (χ2n) is 14.3. The number of nitrogens with zero attached hydrogens (tertiary/aromatic N) is 3. The number of hydrogen-bond acceptors (Lipinski definition) is 6. The van der Waals surface area contributed by atoms with Crippen molar-refractivity contribution in [1.82, 2.24) is 15.0 Å². The number of para-hydroxylation sites is 2. The summed E-state index contributed by atoms with van der Waals surface area (Å²) in [4.78, 5) is 15.2. The highest BCUT2D eigenvalue weighted by Gasteiger charge is 2.21. The predicted molar refractivity (Wildman–Crippen MR) is 234 cm³/mol. The SMILES string of the molecule is c1ccc(-c2nc(-c3ccc(-c4ccc(-c5cccc6c5sc5ccccc56)c5oc6ccccc6c45)cc3)nc(-c3cccc4oc5ccccc5c34)n2)cc1. The monoisotopic (exact) mass is 747 g/mol. The third-order valence-corrected chi connectivity index (χ3v) is 12.2. The van der Waals surface area contributed by atoms with Crippen molar-refractivity contribution in [2.45, 2.75) is 0 Å². The van der Waals surface area contributed by atoms with Gasteiger partial charge in [-0.3, -0.25) is 0 Å². The van der Waals surface area contributed by atoms with E-state index in [0.717, 1.165) is 77.3 Å². The fourth-order valence-corrected chi connectivity index (χ4v) is 9.57. The fraction of sp³-hybridized carbons (Fsp3) is 0. The molecule has 266 valence electrons. The second kappa shape index (κ2) is 12.6. The maximum absolute atomic E-state index is 6.75. The van der Waals surface area contributed by atoms with Crippen molar-refractivity contribution in [3.05, 3.63) is 176 Å². The summed E-state index contributed by atoms with van der Waals surface area (Å²) in [7, 11) is 0. The third kappa shape index (κ3) is 5.04. The molecule has 0 spiro atoms. The molecule has 0 bridgehead atoms. The van der Waals surface area contributed by atoms with Crippen LogP contribution in [0.1, 0.15) is 0 Å². The number of rotatable bonds is 5. The number of hydrogen-bond donors (Lipinski definition) is 0. The summed E-state index contributed by atoms with van der Waals surface area (Å²) in [5.41, 5.74) is 10.5. The van der Waals surface area contributed by atoms with Crippen LogP contribution in [0.15, 0.2) is 185 Å². The van der Waals surface area contributed by atoms with Crippen molar-refractivity contribution in [1.29, 1.82) is 0 Å². The Morgan fingerprint density at radius 2 is 0.895 bits per heavy atom. The Morgan fingerprint density at radius 3 is 1.70 bits per heavy atom. The molecule has 0 aliphatic heterocycles. The van der Waals surface area contributed by atoms with Crippen molar-refractivity contribution in [2.24, 2.45) is 0 Å². The van der Waals surface area contributed by atoms with Crippen LogP contribution in [0.4, 0.5) is 0 Å². The Morgan fingerprint density at radius 1 is 0.333 bits per heavy atom. The molecule has 0 fully saturated rings. The highest BCUT2D eigenvalue weighted by molar-refractivity contribution is 7.26. The van der Waals surface area contributed by atoms with E-state index >= 15 is 0 Å². The van der Waals surface area contributed by atoms with E-state index in [1.165, 1.54) is 25.7 Å². The zero-order chi connectivity index (χ0) is 37.5. The molecule has 4 heterocycles. The molecule has 0 atom stereocenters. The Hall–Kier alpha value is -7.41. The largest absolute Gasteiger partial charge is 0.456 e. The first-order chi connectivity index (χ1) is 28.2. The minimum Gasteiger partial charge on any atom is -0.456 e. The third-order valence-electron chi connectivity index (χ3n) is 11.0. The molecule has 0 aliphatic rings. The van der Waals surface area contributed by atoms with Crippen molar-refractivity contribution in [2.75, 3.05) is 0 Å². The number of furan rings is 2. The van der Waals surface area contributed by atoms with Crippen LogP contribution < -0.4 is 0 Å². The van der Waals surface area contributed by atoms with Crippen molar-refractivity contribution >= 4 is 75.4 Å². The molecule has 0 amide bonds. The Balaban J connectivity index is 1.01. The van der Waals surface area contributed by atoms with Gasteiger partial charge in [-0.15, -0.1) is 11.3 Å². The van der Waals surface area contributed by atoms with Gasteiger partial charge in [-0.1, -0.05) is 146 Å². The predicted octanol–water partition coefficient (Wildman–Crippen LogP) is 14.4. The summed E-state index contributed by atoms with van der Waals surface area (Å²) in [5.74, 6) is 1.80. The van der Waals surface area contributed by atoms with E-state index in [1.807, 2.05) is 78.1 Å². The van der Waals surface area contributed by atoms with Crippen molar-refractivity contribution < 1.29 is 8.83 Å². The molecule has 0 saturated carbocycles. The normalized spacial score (nSPS) is 11.9. The highest BCUT2D eigenvalue weighted by Crippen LogP contribution is 2.46. The summed E-state index contributed by atoms with van der Waals surface area (Å²) in [6, 6.07) is 60.8. The Bertz CT molecular complexity index is 3530. The van der Waals surface area contributed by atoms with Gasteiger partial charge in [0, 0.05) is 69.5 Å². The number of aromatic nitrogens is 3. The molecule has 57 heavy (non-hydrogen) atoms. The molecule has 0 unspecified atom stereocenters. The molecular formula is C51H29N3O2S. The summed E-state index contributed by atoms with van der Waals surface area (Å²) >= 11 is 1.84. The standard InChI is InChI=1S/C51H29N3O2S/c1-2-12-31(13-3-1)49-52-50(54-51(53-49)40-19-11-22-43-45(40)38-15-4-7-20-41(38)55-43)32-26-24-30(25-27-32)33-28-29-35(47-46(33)39-16-5-8-21-42(39)56-47)37-18-10-17-36-34-14-6-9-23-44(34)57-48(36)37/h1-29H. The van der Waals surface area contributed by atoms with E-state index in [-0.39, 0.29) is 0 Å². The van der Waals surface area contributed by atoms with E-state index < -0.39 is 0 Å². The molecule has 0 N–H and O–H groups in total. The molecule has 12 aromatic rings. The summed E-state index contributed by atoms with van der Waals surface area (Å²) < 4.78 is 15.5. The number of fused-ring (bicyclic) bond motifs is 9. The molecule has 8 aromatic carbocycles. The minimum absolute atomic E-state index is 0.593. The van der Waals surface area contributed by atoms with Gasteiger partial charge in [-0.2, -0.15) is 0 Å². The lowest BCUT2D eigenvalue weighted by atomic mass is 9.93. The van der Waals surface area contributed by atoms with E-state index in [2.05, 4.69) is 109 Å². The first-order valence-corrected chi connectivity index (χ1v) is 19.7. The summed E-state index contributed by atoms with van der Waals surface area (Å²) in [6.07, 6.45) is 0. The topological polar surface area (TPSA) is 65.0 Å². The van der Waals surface area contributed by atoms with Gasteiger partial charge in [-0.25, -0.2) is 15.0 Å². The van der Waals surface area contributed by atoms with Crippen LogP contribution >= 0.6 is 11.3 Å². The fourth-order valence-electron chi connectivity index (χ4n) is 8.34. The van der Waals surface area contributed by atoms with Gasteiger partial charge in [0.25, 0.3) is 0 Å². The molecule has 12 rings (SSSR count). The van der Waals surface area contributed by atoms with Crippen molar-refractivity contribution in [3.8, 4) is 56.4 Å². The lowest BCUT2D eigenvalue weighted by Gasteiger charge is -2.11. The first kappa shape index (κ1) is 31.9. The van der Waals surface area contributed by atoms with Crippen molar-refractivity contribution in [3.63, 3.8) is 0 Å². The highest BCUT2D eigenvalue weighted by atomic mass is 32.1. The molecule has 4 aromatic heterocycles. The van der Waals surface area contributed by atoms with Crippen LogP contribution in [-0.2, 0) is 0 Å². The van der Waals surface area contributed by atoms with Crippen LogP contribution in [0.25, 0.3) is 120 Å². The van der Waals surface area contributed by atoms with Crippen LogP contribution in [0.3, 0.4) is 0 Å². The van der Waals surface area contributed by atoms with Gasteiger partial charge in [0.15, 0.2) is 17.5 Å². The Kier molecular flexibility index (Phi) is 7.03. The average Bonchev–Trinajstić information content (AvgIpc) is 3.98. The van der Waals surface area contributed by atoms with Gasteiger partial charge in [0.05, 0.1) is 0 Å². The average molecular weight is 748 g/mol. The van der Waals surface area contributed by atoms with Gasteiger partial charge >= 0.3 is 0 Å². The van der Waals surface area contributed by atoms with E-state index in [0.29, 0.717) is 17.5 Å². The quantitative estimate of drug-likeness (QED) is 0.175. The van der Waals surface area contributed by atoms with Crippen LogP contribution in [-0.4, -0.2) is 15.0 Å². The Labute approximate surface area is 330 Å². The van der Waals surface area contributed by atoms with E-state index in [1.54, 1.807) is 0 Å². The zero-order valence-electron chi connectivity index (χ0n) is 30.3. The van der Waals surface area contributed by atoms with Crippen LogP contribution in [0.5, 0.6) is 0 Å². The molecule has 6 heteroatoms. The summed E-state index contributed by atoms with van der Waals surface area (Å²) in [5, 5.41) is 6.76. The molecular weight excluding hydrogens is 719 g/mol. The smallest absolute Gasteiger partial charge is 0.164 e. The second-order valence-corrected chi connectivity index (χ2v) is 15.3. The van der Waals surface area contributed by atoms with Gasteiger partial charge in [0.1, 0.15) is 22.3 Å². The minimum atomic E-state index is 0.593.